The Bertz CT molecular complexity index is 615. The average Bonchev–Trinajstić information content (AvgIpc) is 3.06. The van der Waals surface area contributed by atoms with E-state index in [9.17, 15) is 9.90 Å². The third-order valence-corrected chi connectivity index (χ3v) is 4.76. The van der Waals surface area contributed by atoms with Crippen LogP contribution in [0.25, 0.3) is 0 Å². The van der Waals surface area contributed by atoms with Gasteiger partial charge < -0.3 is 24.1 Å². The van der Waals surface area contributed by atoms with Crippen molar-refractivity contribution < 1.29 is 28.8 Å². The monoisotopic (exact) mass is 320 g/mol. The van der Waals surface area contributed by atoms with E-state index in [1.165, 1.54) is 0 Å². The highest BCUT2D eigenvalue weighted by Crippen LogP contribution is 2.58. The van der Waals surface area contributed by atoms with Crippen molar-refractivity contribution in [2.24, 2.45) is 5.92 Å². The predicted octanol–water partition coefficient (Wildman–Crippen LogP) is 1.47. The lowest BCUT2D eigenvalue weighted by Gasteiger charge is -2.23. The molecule has 6 nitrogen and oxygen atoms in total. The number of carbonyl (C=O) groups is 1. The van der Waals surface area contributed by atoms with Crippen LogP contribution in [-0.4, -0.2) is 47.6 Å². The quantitative estimate of drug-likeness (QED) is 0.850. The molecule has 3 aliphatic rings. The van der Waals surface area contributed by atoms with Gasteiger partial charge in [0.1, 0.15) is 17.8 Å². The number of esters is 1. The molecule has 1 spiro atoms. The zero-order chi connectivity index (χ0) is 16.2. The molecule has 0 bridgehead atoms. The average molecular weight is 320 g/mol. The number of rotatable bonds is 3. The Morgan fingerprint density at radius 2 is 2.00 bits per heavy atom. The molecule has 23 heavy (non-hydrogen) atoms. The standard InChI is InChI=1S/C17H20O6/c1-16(2)21-12-13(18)17(23-15(12)22-16)8-11(17)9-20-14(19)10-6-4-3-5-7-10/h3-7,11-13,15,18H,8-9H2,1-2H3/t11-,12?,13?,15?,17+/m1/s1. The summed E-state index contributed by atoms with van der Waals surface area (Å²) in [7, 11) is 0. The first-order valence-corrected chi connectivity index (χ1v) is 7.85. The highest BCUT2D eigenvalue weighted by molar-refractivity contribution is 5.89. The fraction of sp³-hybridized carbons (Fsp3) is 0.588. The summed E-state index contributed by atoms with van der Waals surface area (Å²) in [6.45, 7) is 3.80. The van der Waals surface area contributed by atoms with Gasteiger partial charge in [-0.3, -0.25) is 0 Å². The van der Waals surface area contributed by atoms with Crippen LogP contribution in [0.15, 0.2) is 30.3 Å². The summed E-state index contributed by atoms with van der Waals surface area (Å²) in [5.74, 6) is -1.15. The highest BCUT2D eigenvalue weighted by atomic mass is 16.8. The van der Waals surface area contributed by atoms with Gasteiger partial charge in [0.15, 0.2) is 12.1 Å². The Hall–Kier alpha value is -1.47. The molecule has 1 aliphatic carbocycles. The first kappa shape index (κ1) is 15.1. The Morgan fingerprint density at radius 3 is 2.70 bits per heavy atom. The van der Waals surface area contributed by atoms with E-state index in [1.807, 2.05) is 6.07 Å². The number of aliphatic hydroxyl groups excluding tert-OH is 1. The summed E-state index contributed by atoms with van der Waals surface area (Å²) < 4.78 is 22.6. The van der Waals surface area contributed by atoms with Crippen molar-refractivity contribution in [3.63, 3.8) is 0 Å². The minimum absolute atomic E-state index is 0.0360. The molecule has 0 radical (unpaired) electrons. The second-order valence-corrected chi connectivity index (χ2v) is 6.85. The van der Waals surface area contributed by atoms with Crippen molar-refractivity contribution in [3.05, 3.63) is 35.9 Å². The molecular formula is C17H20O6. The van der Waals surface area contributed by atoms with Gasteiger partial charge in [-0.1, -0.05) is 18.2 Å². The van der Waals surface area contributed by atoms with E-state index in [2.05, 4.69) is 0 Å². The van der Waals surface area contributed by atoms with Crippen LogP contribution in [0.1, 0.15) is 30.6 Å². The van der Waals surface area contributed by atoms with Gasteiger partial charge in [0.25, 0.3) is 0 Å². The van der Waals surface area contributed by atoms with E-state index >= 15 is 0 Å². The number of benzene rings is 1. The van der Waals surface area contributed by atoms with Gasteiger partial charge in [0.05, 0.1) is 12.2 Å². The molecule has 3 fully saturated rings. The summed E-state index contributed by atoms with van der Waals surface area (Å²) in [4.78, 5) is 12.0. The molecular weight excluding hydrogens is 300 g/mol. The van der Waals surface area contributed by atoms with Gasteiger partial charge in [0.2, 0.25) is 0 Å². The molecule has 2 aliphatic heterocycles. The van der Waals surface area contributed by atoms with E-state index in [-0.39, 0.29) is 18.5 Å². The summed E-state index contributed by atoms with van der Waals surface area (Å²) in [5, 5.41) is 10.5. The van der Waals surface area contributed by atoms with Crippen molar-refractivity contribution in [1.29, 1.82) is 0 Å². The van der Waals surface area contributed by atoms with E-state index < -0.39 is 29.9 Å². The molecule has 3 unspecified atom stereocenters. The third-order valence-electron chi connectivity index (χ3n) is 4.76. The largest absolute Gasteiger partial charge is 0.462 e. The first-order chi connectivity index (χ1) is 10.9. The van der Waals surface area contributed by atoms with Gasteiger partial charge >= 0.3 is 5.97 Å². The maximum atomic E-state index is 12.0. The van der Waals surface area contributed by atoms with Crippen LogP contribution in [0.5, 0.6) is 0 Å². The molecule has 1 saturated carbocycles. The number of hydrogen-bond acceptors (Lipinski definition) is 6. The Labute approximate surface area is 134 Å². The normalized spacial score (nSPS) is 40.1. The number of ether oxygens (including phenoxy) is 4. The lowest BCUT2D eigenvalue weighted by molar-refractivity contribution is -0.223. The first-order valence-electron chi connectivity index (χ1n) is 7.85. The van der Waals surface area contributed by atoms with Crippen LogP contribution in [0, 0.1) is 5.92 Å². The van der Waals surface area contributed by atoms with E-state index in [0.717, 1.165) is 0 Å². The zero-order valence-electron chi connectivity index (χ0n) is 13.1. The third kappa shape index (κ3) is 2.46. The smallest absolute Gasteiger partial charge is 0.338 e. The van der Waals surface area contributed by atoms with Gasteiger partial charge in [-0.25, -0.2) is 4.79 Å². The fourth-order valence-corrected chi connectivity index (χ4v) is 3.49. The second-order valence-electron chi connectivity index (χ2n) is 6.85. The fourth-order valence-electron chi connectivity index (χ4n) is 3.49. The number of carbonyl (C=O) groups excluding carboxylic acids is 1. The number of hydrogen-bond donors (Lipinski definition) is 1. The summed E-state index contributed by atoms with van der Waals surface area (Å²) in [6, 6.07) is 8.84. The molecule has 0 aromatic heterocycles. The Balaban J connectivity index is 1.35. The van der Waals surface area contributed by atoms with Crippen LogP contribution in [-0.2, 0) is 18.9 Å². The topological polar surface area (TPSA) is 74.2 Å². The molecule has 124 valence electrons. The number of aliphatic hydroxyl groups is 1. The molecule has 1 N–H and O–H groups in total. The summed E-state index contributed by atoms with van der Waals surface area (Å²) in [6.07, 6.45) is -1.18. The summed E-state index contributed by atoms with van der Waals surface area (Å²) >= 11 is 0. The molecule has 1 aromatic carbocycles. The lowest BCUT2D eigenvalue weighted by Crippen LogP contribution is -2.37. The second kappa shape index (κ2) is 5.01. The van der Waals surface area contributed by atoms with Crippen molar-refractivity contribution in [2.75, 3.05) is 6.61 Å². The molecule has 0 amide bonds. The van der Waals surface area contributed by atoms with Crippen LogP contribution in [0.2, 0.25) is 0 Å². The van der Waals surface area contributed by atoms with Gasteiger partial charge in [-0.2, -0.15) is 0 Å². The van der Waals surface area contributed by atoms with Crippen molar-refractivity contribution in [3.8, 4) is 0 Å². The highest BCUT2D eigenvalue weighted by Gasteiger charge is 2.72. The van der Waals surface area contributed by atoms with Crippen molar-refractivity contribution in [2.45, 2.75) is 50.2 Å². The molecule has 1 aromatic rings. The molecule has 6 heteroatoms. The van der Waals surface area contributed by atoms with Crippen LogP contribution in [0.3, 0.4) is 0 Å². The van der Waals surface area contributed by atoms with Crippen molar-refractivity contribution >= 4 is 5.97 Å². The van der Waals surface area contributed by atoms with Gasteiger partial charge in [0, 0.05) is 5.92 Å². The minimum Gasteiger partial charge on any atom is -0.462 e. The van der Waals surface area contributed by atoms with E-state index in [1.54, 1.807) is 38.1 Å². The lowest BCUT2D eigenvalue weighted by atomic mass is 10.1. The van der Waals surface area contributed by atoms with Gasteiger partial charge in [-0.05, 0) is 32.4 Å². The SMILES string of the molecule is CC1(C)OC2O[C@]3(C[C@@H]3COC(=O)c3ccccc3)C(O)C2O1. The van der Waals surface area contributed by atoms with Crippen LogP contribution >= 0.6 is 0 Å². The van der Waals surface area contributed by atoms with E-state index in [4.69, 9.17) is 18.9 Å². The molecule has 5 atom stereocenters. The molecule has 4 rings (SSSR count). The zero-order valence-corrected chi connectivity index (χ0v) is 13.1. The molecule has 2 heterocycles. The van der Waals surface area contributed by atoms with Crippen molar-refractivity contribution in [1.82, 2.24) is 0 Å². The summed E-state index contributed by atoms with van der Waals surface area (Å²) in [5.41, 5.74) is -0.191. The van der Waals surface area contributed by atoms with Crippen LogP contribution in [0.4, 0.5) is 0 Å². The Kier molecular flexibility index (Phi) is 3.29. The van der Waals surface area contributed by atoms with Crippen LogP contribution < -0.4 is 0 Å². The van der Waals surface area contributed by atoms with Gasteiger partial charge in [-0.15, -0.1) is 0 Å². The Morgan fingerprint density at radius 1 is 1.26 bits per heavy atom. The number of fused-ring (bicyclic) bond motifs is 1. The molecule has 2 saturated heterocycles. The predicted molar refractivity (Wildman–Crippen MR) is 78.5 cm³/mol. The maximum absolute atomic E-state index is 12.0. The maximum Gasteiger partial charge on any atom is 0.338 e. The minimum atomic E-state index is -0.769. The van der Waals surface area contributed by atoms with E-state index in [0.29, 0.717) is 12.0 Å².